The van der Waals surface area contributed by atoms with Crippen LogP contribution in [0.25, 0.3) is 0 Å². The molecule has 0 aromatic heterocycles. The molecule has 0 unspecified atom stereocenters. The van der Waals surface area contributed by atoms with Crippen molar-refractivity contribution in [3.63, 3.8) is 0 Å². The van der Waals surface area contributed by atoms with Gasteiger partial charge < -0.3 is 14.2 Å². The van der Waals surface area contributed by atoms with E-state index in [-0.39, 0.29) is 24.0 Å². The minimum atomic E-state index is -0.535. The first kappa shape index (κ1) is 21.2. The second-order valence-electron chi connectivity index (χ2n) is 8.01. The molecule has 2 aliphatic rings. The Balaban J connectivity index is 1.57. The first-order chi connectivity index (χ1) is 13.5. The molecule has 1 aliphatic carbocycles. The van der Waals surface area contributed by atoms with E-state index in [1.54, 1.807) is 7.05 Å². The van der Waals surface area contributed by atoms with Crippen LogP contribution in [0.15, 0.2) is 30.3 Å². The Hall–Kier alpha value is -1.47. The number of ether oxygens (including phenoxy) is 3. The third-order valence-corrected chi connectivity index (χ3v) is 5.76. The van der Waals surface area contributed by atoms with Crippen molar-refractivity contribution in [3.8, 4) is 0 Å². The molecule has 2 fully saturated rings. The number of carbonyl (C=O) groups excluding carboxylic acids is 1. The van der Waals surface area contributed by atoms with E-state index in [1.165, 1.54) is 17.7 Å². The number of hydroxylamine groups is 2. The lowest BCUT2D eigenvalue weighted by molar-refractivity contribution is -0.323. The van der Waals surface area contributed by atoms with Crippen molar-refractivity contribution in [1.29, 1.82) is 0 Å². The van der Waals surface area contributed by atoms with Crippen LogP contribution in [0.4, 0.5) is 0 Å². The van der Waals surface area contributed by atoms with Gasteiger partial charge in [0.05, 0.1) is 39.0 Å². The molecular weight excluding hydrogens is 358 g/mol. The van der Waals surface area contributed by atoms with Crippen LogP contribution in [0.1, 0.15) is 51.0 Å². The van der Waals surface area contributed by atoms with Crippen LogP contribution in [0.3, 0.4) is 0 Å². The standard InChI is InChI=1S/C22H33NO5/c1-17(15-26-16-18-9-5-4-6-10-18)20-13-19(14-21(24)23(2)25-3)27-22(28-20)11-7-8-12-22/h4-6,9-10,17,19-20H,7-8,11-16H2,1-3H3/t17-,19-,20+/m0/s1. The highest BCUT2D eigenvalue weighted by Crippen LogP contribution is 2.42. The van der Waals surface area contributed by atoms with Gasteiger partial charge in [0.15, 0.2) is 5.79 Å². The average molecular weight is 392 g/mol. The summed E-state index contributed by atoms with van der Waals surface area (Å²) < 4.78 is 18.7. The largest absolute Gasteiger partial charge is 0.376 e. The quantitative estimate of drug-likeness (QED) is 0.633. The summed E-state index contributed by atoms with van der Waals surface area (Å²) in [7, 11) is 3.13. The second kappa shape index (κ2) is 9.83. The Morgan fingerprint density at radius 2 is 1.96 bits per heavy atom. The van der Waals surface area contributed by atoms with E-state index in [1.807, 2.05) is 18.2 Å². The SMILES string of the molecule is CON(C)C(=O)C[C@@H]1C[C@H]([C@@H](C)COCc2ccccc2)OC2(CCCC2)O1. The minimum absolute atomic E-state index is 0.0216. The third kappa shape index (κ3) is 5.54. The van der Waals surface area contributed by atoms with Crippen LogP contribution in [0, 0.1) is 5.92 Å². The van der Waals surface area contributed by atoms with Gasteiger partial charge in [-0.25, -0.2) is 5.06 Å². The molecule has 1 heterocycles. The molecular formula is C22H33NO5. The molecule has 1 saturated carbocycles. The maximum absolute atomic E-state index is 12.3. The topological polar surface area (TPSA) is 57.2 Å². The van der Waals surface area contributed by atoms with E-state index in [0.29, 0.717) is 26.1 Å². The second-order valence-corrected chi connectivity index (χ2v) is 8.01. The number of amides is 1. The third-order valence-electron chi connectivity index (χ3n) is 5.76. The Labute approximate surface area is 168 Å². The van der Waals surface area contributed by atoms with Gasteiger partial charge in [-0.1, -0.05) is 37.3 Å². The zero-order chi connectivity index (χ0) is 20.0. The van der Waals surface area contributed by atoms with Crippen molar-refractivity contribution >= 4 is 5.91 Å². The van der Waals surface area contributed by atoms with Gasteiger partial charge in [-0.05, 0) is 18.4 Å². The molecule has 1 saturated heterocycles. The molecule has 156 valence electrons. The van der Waals surface area contributed by atoms with Gasteiger partial charge in [0.1, 0.15) is 0 Å². The van der Waals surface area contributed by atoms with Crippen molar-refractivity contribution in [2.45, 2.75) is 70.1 Å². The summed E-state index contributed by atoms with van der Waals surface area (Å²) in [6.45, 7) is 3.37. The summed E-state index contributed by atoms with van der Waals surface area (Å²) in [5.74, 6) is -0.384. The average Bonchev–Trinajstić information content (AvgIpc) is 3.14. The highest BCUT2D eigenvalue weighted by Gasteiger charge is 2.46. The fraction of sp³-hybridized carbons (Fsp3) is 0.682. The van der Waals surface area contributed by atoms with Crippen molar-refractivity contribution in [2.24, 2.45) is 5.92 Å². The van der Waals surface area contributed by atoms with Gasteiger partial charge in [0.25, 0.3) is 0 Å². The molecule has 0 bridgehead atoms. The van der Waals surface area contributed by atoms with E-state index >= 15 is 0 Å². The van der Waals surface area contributed by atoms with Gasteiger partial charge in [0.2, 0.25) is 5.91 Å². The fourth-order valence-corrected chi connectivity index (χ4v) is 4.05. The van der Waals surface area contributed by atoms with E-state index in [4.69, 9.17) is 19.0 Å². The summed E-state index contributed by atoms with van der Waals surface area (Å²) in [6.07, 6.45) is 4.86. The molecule has 3 atom stereocenters. The summed E-state index contributed by atoms with van der Waals surface area (Å²) in [4.78, 5) is 17.3. The molecule has 1 aromatic rings. The smallest absolute Gasteiger partial charge is 0.248 e. The van der Waals surface area contributed by atoms with Crippen molar-refractivity contribution in [2.75, 3.05) is 20.8 Å². The van der Waals surface area contributed by atoms with Crippen LogP contribution < -0.4 is 0 Å². The predicted octanol–water partition coefficient (Wildman–Crippen LogP) is 3.69. The zero-order valence-electron chi connectivity index (χ0n) is 17.3. The van der Waals surface area contributed by atoms with Crippen LogP contribution in [-0.4, -0.2) is 49.7 Å². The summed E-state index contributed by atoms with van der Waals surface area (Å²) in [5, 5.41) is 1.27. The Morgan fingerprint density at radius 1 is 1.25 bits per heavy atom. The first-order valence-electron chi connectivity index (χ1n) is 10.3. The van der Waals surface area contributed by atoms with Gasteiger partial charge in [0, 0.05) is 32.2 Å². The maximum Gasteiger partial charge on any atom is 0.248 e. The van der Waals surface area contributed by atoms with Crippen molar-refractivity contribution < 1.29 is 23.8 Å². The van der Waals surface area contributed by atoms with E-state index < -0.39 is 5.79 Å². The molecule has 28 heavy (non-hydrogen) atoms. The van der Waals surface area contributed by atoms with Crippen LogP contribution >= 0.6 is 0 Å². The summed E-state index contributed by atoms with van der Waals surface area (Å²) in [5.41, 5.74) is 1.17. The van der Waals surface area contributed by atoms with Gasteiger partial charge in [-0.15, -0.1) is 0 Å². The monoisotopic (exact) mass is 391 g/mol. The van der Waals surface area contributed by atoms with Crippen molar-refractivity contribution in [3.05, 3.63) is 35.9 Å². The number of hydrogen-bond donors (Lipinski definition) is 0. The Bertz CT molecular complexity index is 617. The Morgan fingerprint density at radius 3 is 2.64 bits per heavy atom. The first-order valence-corrected chi connectivity index (χ1v) is 10.3. The molecule has 0 N–H and O–H groups in total. The maximum atomic E-state index is 12.3. The molecule has 6 nitrogen and oxygen atoms in total. The van der Waals surface area contributed by atoms with E-state index in [9.17, 15) is 4.79 Å². The highest BCUT2D eigenvalue weighted by atomic mass is 16.7. The number of rotatable bonds is 8. The lowest BCUT2D eigenvalue weighted by Gasteiger charge is -2.44. The summed E-state index contributed by atoms with van der Waals surface area (Å²) >= 11 is 0. The molecule has 6 heteroatoms. The van der Waals surface area contributed by atoms with Crippen LogP contribution in [-0.2, 0) is 30.4 Å². The van der Waals surface area contributed by atoms with E-state index in [2.05, 4.69) is 19.1 Å². The van der Waals surface area contributed by atoms with Crippen LogP contribution in [0.5, 0.6) is 0 Å². The van der Waals surface area contributed by atoms with E-state index in [0.717, 1.165) is 25.7 Å². The number of hydrogen-bond acceptors (Lipinski definition) is 5. The molecule has 1 aliphatic heterocycles. The number of carbonyl (C=O) groups is 1. The van der Waals surface area contributed by atoms with Gasteiger partial charge in [-0.3, -0.25) is 9.63 Å². The van der Waals surface area contributed by atoms with Crippen molar-refractivity contribution in [1.82, 2.24) is 5.06 Å². The lowest BCUT2D eigenvalue weighted by atomic mass is 9.95. The molecule has 1 spiro atoms. The zero-order valence-corrected chi connectivity index (χ0v) is 17.3. The number of nitrogens with zero attached hydrogens (tertiary/aromatic N) is 1. The molecule has 1 amide bonds. The minimum Gasteiger partial charge on any atom is -0.376 e. The van der Waals surface area contributed by atoms with Gasteiger partial charge in [-0.2, -0.15) is 0 Å². The summed E-state index contributed by atoms with van der Waals surface area (Å²) in [6, 6.07) is 10.2. The Kier molecular flexibility index (Phi) is 7.46. The van der Waals surface area contributed by atoms with Crippen LogP contribution in [0.2, 0.25) is 0 Å². The normalized spacial score (nSPS) is 25.0. The fourth-order valence-electron chi connectivity index (χ4n) is 4.05. The predicted molar refractivity (Wildman–Crippen MR) is 105 cm³/mol. The molecule has 1 aromatic carbocycles. The highest BCUT2D eigenvalue weighted by molar-refractivity contribution is 5.75. The molecule has 0 radical (unpaired) electrons. The molecule has 3 rings (SSSR count). The number of benzene rings is 1. The lowest BCUT2D eigenvalue weighted by Crippen LogP contribution is -2.50. The van der Waals surface area contributed by atoms with Gasteiger partial charge >= 0.3 is 0 Å².